The van der Waals surface area contributed by atoms with Crippen LogP contribution in [0.15, 0.2) is 0 Å². The second-order valence-corrected chi connectivity index (χ2v) is 3.03. The van der Waals surface area contributed by atoms with Gasteiger partial charge in [0, 0.05) is 13.1 Å². The Labute approximate surface area is 89.2 Å². The Bertz CT molecular complexity index is 109. The molecule has 0 aliphatic carbocycles. The molecule has 0 radical (unpaired) electrons. The molecule has 0 heterocycles. The van der Waals surface area contributed by atoms with E-state index in [1.165, 1.54) is 0 Å². The predicted octanol–water partition coefficient (Wildman–Crippen LogP) is -3.78. The summed E-state index contributed by atoms with van der Waals surface area (Å²) in [4.78, 5) is 0. The fourth-order valence-corrected chi connectivity index (χ4v) is 0.433. The minimum Gasteiger partial charge on any atom is -0.395 e. The lowest BCUT2D eigenvalue weighted by Crippen LogP contribution is -2.50. The van der Waals surface area contributed by atoms with Gasteiger partial charge in [0.05, 0.1) is 38.6 Å². The minimum absolute atomic E-state index is 0.139. The van der Waals surface area contributed by atoms with Gasteiger partial charge in [0.2, 0.25) is 0 Å². The molecule has 0 saturated carbocycles. The Hall–Kier alpha value is -0.280. The van der Waals surface area contributed by atoms with Gasteiger partial charge in [-0.05, 0) is 0 Å². The van der Waals surface area contributed by atoms with Gasteiger partial charge >= 0.3 is 0 Å². The van der Waals surface area contributed by atoms with E-state index >= 15 is 0 Å². The molecule has 7 nitrogen and oxygen atoms in total. The van der Waals surface area contributed by atoms with Crippen molar-refractivity contribution in [1.29, 1.82) is 0 Å². The van der Waals surface area contributed by atoms with E-state index in [-0.39, 0.29) is 13.2 Å². The first-order valence-electron chi connectivity index (χ1n) is 4.64. The van der Waals surface area contributed by atoms with E-state index in [1.807, 2.05) is 0 Å². The maximum atomic E-state index is 8.34. The molecule has 15 heavy (non-hydrogen) atoms. The molecule has 0 aromatic heterocycles. The van der Waals surface area contributed by atoms with Crippen molar-refractivity contribution in [3.05, 3.63) is 0 Å². The monoisotopic (exact) mass is 226 g/mol. The zero-order chi connectivity index (χ0) is 12.2. The Balaban J connectivity index is 0. The number of rotatable bonds is 7. The lowest BCUT2D eigenvalue weighted by molar-refractivity contribution is 0.0698. The molecule has 0 atom stereocenters. The Kier molecular flexibility index (Phi) is 13.5. The molecule has 0 aromatic rings. The smallest absolute Gasteiger partial charge is 0.0856 e. The van der Waals surface area contributed by atoms with Crippen LogP contribution in [0.25, 0.3) is 0 Å². The van der Waals surface area contributed by atoms with Crippen LogP contribution in [-0.4, -0.2) is 77.2 Å². The van der Waals surface area contributed by atoms with Crippen molar-refractivity contribution in [1.82, 2.24) is 5.32 Å². The van der Waals surface area contributed by atoms with Crippen LogP contribution in [0.4, 0.5) is 0 Å². The molecule has 0 amide bonds. The molecule has 0 saturated heterocycles. The van der Waals surface area contributed by atoms with Crippen LogP contribution in [-0.2, 0) is 0 Å². The van der Waals surface area contributed by atoms with E-state index in [9.17, 15) is 0 Å². The zero-order valence-electron chi connectivity index (χ0n) is 8.76. The third-order valence-corrected chi connectivity index (χ3v) is 1.52. The highest BCUT2D eigenvalue weighted by Gasteiger charge is 2.20. The van der Waals surface area contributed by atoms with Crippen molar-refractivity contribution in [3.8, 4) is 0 Å². The second-order valence-electron chi connectivity index (χ2n) is 3.03. The number of aliphatic hydroxyl groups excluding tert-OH is 5. The molecule has 0 bridgehead atoms. The van der Waals surface area contributed by atoms with Gasteiger partial charge < -0.3 is 36.6 Å². The molecular weight excluding hydrogens is 204 g/mol. The maximum absolute atomic E-state index is 8.34. The van der Waals surface area contributed by atoms with Crippen LogP contribution in [0.2, 0.25) is 0 Å². The van der Waals surface area contributed by atoms with E-state index in [0.29, 0.717) is 13.1 Å². The molecule has 0 aliphatic heterocycles. The van der Waals surface area contributed by atoms with Gasteiger partial charge in [-0.25, -0.2) is 0 Å². The molecule has 0 aromatic carbocycles. The van der Waals surface area contributed by atoms with Crippen molar-refractivity contribution < 1.29 is 25.5 Å². The van der Waals surface area contributed by atoms with Gasteiger partial charge in [-0.1, -0.05) is 0 Å². The fourth-order valence-electron chi connectivity index (χ4n) is 0.433. The summed E-state index contributed by atoms with van der Waals surface area (Å²) in [6.45, 7) is 0.209. The number of nitrogens with two attached hydrogens (primary N) is 1. The van der Waals surface area contributed by atoms with E-state index in [4.69, 9.17) is 31.3 Å². The largest absolute Gasteiger partial charge is 0.395 e. The molecule has 0 fully saturated rings. The maximum Gasteiger partial charge on any atom is 0.0856 e. The summed E-state index contributed by atoms with van der Waals surface area (Å²) in [5.74, 6) is 0. The summed E-state index contributed by atoms with van der Waals surface area (Å²) in [7, 11) is 0. The van der Waals surface area contributed by atoms with Crippen molar-refractivity contribution in [2.24, 2.45) is 5.73 Å². The normalized spacial score (nSPS) is 10.8. The van der Waals surface area contributed by atoms with Crippen LogP contribution < -0.4 is 11.1 Å². The summed E-state index contributed by atoms with van der Waals surface area (Å²) < 4.78 is 0. The van der Waals surface area contributed by atoms with Crippen LogP contribution in [0.5, 0.6) is 0 Å². The molecule has 0 unspecified atom stereocenters. The highest BCUT2D eigenvalue weighted by atomic mass is 16.3. The van der Waals surface area contributed by atoms with E-state index in [0.717, 1.165) is 0 Å². The third kappa shape index (κ3) is 11.6. The first-order chi connectivity index (χ1) is 7.10. The van der Waals surface area contributed by atoms with Gasteiger partial charge in [-0.3, -0.25) is 0 Å². The average molecular weight is 226 g/mol. The third-order valence-electron chi connectivity index (χ3n) is 1.52. The highest BCUT2D eigenvalue weighted by molar-refractivity contribution is 4.80. The fraction of sp³-hybridized carbons (Fsp3) is 1.00. The van der Waals surface area contributed by atoms with Crippen LogP contribution in [0.1, 0.15) is 0 Å². The van der Waals surface area contributed by atoms with Gasteiger partial charge in [-0.2, -0.15) is 0 Å². The van der Waals surface area contributed by atoms with Crippen molar-refractivity contribution in [2.45, 2.75) is 5.54 Å². The topological polar surface area (TPSA) is 139 Å². The molecule has 8 N–H and O–H groups in total. The van der Waals surface area contributed by atoms with E-state index in [1.54, 1.807) is 0 Å². The van der Waals surface area contributed by atoms with Crippen molar-refractivity contribution in [2.75, 3.05) is 46.1 Å². The summed E-state index contributed by atoms with van der Waals surface area (Å²) in [5.41, 5.74) is 3.94. The lowest BCUT2D eigenvalue weighted by Gasteiger charge is -2.20. The molecule has 94 valence electrons. The standard InChI is InChI=1S/C4H11NO3.C4H11NO2/c5-4(1-6,2-7)3-8;6-3-1-5-2-4-7/h6-8H,1-3,5H2;5-7H,1-4H2. The van der Waals surface area contributed by atoms with Crippen molar-refractivity contribution in [3.63, 3.8) is 0 Å². The minimum atomic E-state index is -1.21. The molecule has 0 spiro atoms. The molecule has 0 aliphatic rings. The molecule has 7 heteroatoms. The van der Waals surface area contributed by atoms with Crippen LogP contribution >= 0.6 is 0 Å². The first-order valence-corrected chi connectivity index (χ1v) is 4.64. The van der Waals surface area contributed by atoms with Crippen molar-refractivity contribution >= 4 is 0 Å². The quantitative estimate of drug-likeness (QED) is 0.221. The Morgan fingerprint density at radius 1 is 0.800 bits per heavy atom. The molecular formula is C8H22N2O5. The zero-order valence-corrected chi connectivity index (χ0v) is 8.76. The summed E-state index contributed by atoms with van der Waals surface area (Å²) in [6.07, 6.45) is 0. The Morgan fingerprint density at radius 2 is 1.13 bits per heavy atom. The van der Waals surface area contributed by atoms with Gasteiger partial charge in [0.15, 0.2) is 0 Å². The summed E-state index contributed by atoms with van der Waals surface area (Å²) in [5, 5.41) is 44.1. The second kappa shape index (κ2) is 11.8. The van der Waals surface area contributed by atoms with E-state index < -0.39 is 25.4 Å². The van der Waals surface area contributed by atoms with Crippen LogP contribution in [0.3, 0.4) is 0 Å². The average Bonchev–Trinajstić information content (AvgIpc) is 2.30. The lowest BCUT2D eigenvalue weighted by atomic mass is 10.1. The highest BCUT2D eigenvalue weighted by Crippen LogP contribution is 1.93. The summed E-state index contributed by atoms with van der Waals surface area (Å²) >= 11 is 0. The van der Waals surface area contributed by atoms with Gasteiger partial charge in [0.25, 0.3) is 0 Å². The van der Waals surface area contributed by atoms with Gasteiger partial charge in [-0.15, -0.1) is 0 Å². The first kappa shape index (κ1) is 17.1. The number of aliphatic hydroxyl groups is 5. The number of hydrogen-bond donors (Lipinski definition) is 7. The molecule has 0 rings (SSSR count). The predicted molar refractivity (Wildman–Crippen MR) is 55.2 cm³/mol. The van der Waals surface area contributed by atoms with Gasteiger partial charge in [0.1, 0.15) is 0 Å². The number of hydrogen-bond acceptors (Lipinski definition) is 7. The summed E-state index contributed by atoms with van der Waals surface area (Å²) in [6, 6.07) is 0. The van der Waals surface area contributed by atoms with Crippen LogP contribution in [0, 0.1) is 0 Å². The SMILES string of the molecule is NC(CO)(CO)CO.OCCNCCO. The van der Waals surface area contributed by atoms with E-state index in [2.05, 4.69) is 5.32 Å². The Morgan fingerprint density at radius 3 is 1.27 bits per heavy atom. The number of nitrogens with one attached hydrogen (secondary N) is 1.